The van der Waals surface area contributed by atoms with Gasteiger partial charge in [0.15, 0.2) is 11.0 Å². The number of ether oxygens (including phenoxy) is 2. The monoisotopic (exact) mass is 433 g/mol. The van der Waals surface area contributed by atoms with E-state index in [-0.39, 0.29) is 5.82 Å². The molecular weight excluding hydrogens is 413 g/mol. The molecule has 0 N–H and O–H groups in total. The number of hydrogen-bond acceptors (Lipinski definition) is 5. The van der Waals surface area contributed by atoms with Crippen molar-refractivity contribution in [1.82, 2.24) is 14.8 Å². The second-order valence-electron chi connectivity index (χ2n) is 6.72. The third-order valence-electron chi connectivity index (χ3n) is 4.44. The van der Waals surface area contributed by atoms with Gasteiger partial charge in [-0.2, -0.15) is 0 Å². The summed E-state index contributed by atoms with van der Waals surface area (Å²) in [6.07, 6.45) is 3.13. The summed E-state index contributed by atoms with van der Waals surface area (Å²) in [5.74, 6) is 2.74. The molecule has 4 rings (SSSR count). The molecule has 152 valence electrons. The van der Waals surface area contributed by atoms with Gasteiger partial charge in [-0.25, -0.2) is 4.39 Å². The Kier molecular flexibility index (Phi) is 6.56. The maximum atomic E-state index is 12.9. The molecule has 0 saturated heterocycles. The highest BCUT2D eigenvalue weighted by Crippen LogP contribution is 2.39. The first-order valence-corrected chi connectivity index (χ1v) is 10.9. The lowest BCUT2D eigenvalue weighted by molar-refractivity contribution is 0.288. The summed E-state index contributed by atoms with van der Waals surface area (Å²) in [6, 6.07) is 13.9. The smallest absolute Gasteiger partial charge is 0.191 e. The molecule has 0 radical (unpaired) electrons. The summed E-state index contributed by atoms with van der Waals surface area (Å²) in [4.78, 5) is 0. The Morgan fingerprint density at radius 2 is 1.86 bits per heavy atom. The van der Waals surface area contributed by atoms with E-state index in [1.54, 1.807) is 30.0 Å². The molecule has 8 heteroatoms. The zero-order valence-corrected chi connectivity index (χ0v) is 17.3. The van der Waals surface area contributed by atoms with Gasteiger partial charge in [0.1, 0.15) is 23.9 Å². The summed E-state index contributed by atoms with van der Waals surface area (Å²) in [5, 5.41) is 10.2. The van der Waals surface area contributed by atoms with Crippen LogP contribution in [-0.4, -0.2) is 27.1 Å². The predicted octanol–water partition coefficient (Wildman–Crippen LogP) is 5.55. The minimum Gasteiger partial charge on any atom is -0.494 e. The van der Waals surface area contributed by atoms with E-state index in [4.69, 9.17) is 21.1 Å². The van der Waals surface area contributed by atoms with E-state index >= 15 is 0 Å². The second-order valence-corrected chi connectivity index (χ2v) is 8.19. The van der Waals surface area contributed by atoms with Gasteiger partial charge in [-0.15, -0.1) is 10.2 Å². The fraction of sp³-hybridized carbons (Fsp3) is 0.333. The molecule has 0 spiro atoms. The molecular formula is C21H21ClFN3O2S. The van der Waals surface area contributed by atoms with E-state index in [1.165, 1.54) is 12.1 Å². The molecule has 1 aliphatic rings. The minimum absolute atomic E-state index is 0.262. The van der Waals surface area contributed by atoms with Crippen LogP contribution in [0.5, 0.6) is 11.5 Å². The van der Waals surface area contributed by atoms with E-state index in [9.17, 15) is 4.39 Å². The number of hydrogen-bond donors (Lipinski definition) is 0. The fourth-order valence-electron chi connectivity index (χ4n) is 2.85. The van der Waals surface area contributed by atoms with Crippen LogP contribution in [-0.2, 0) is 6.61 Å². The largest absolute Gasteiger partial charge is 0.494 e. The summed E-state index contributed by atoms with van der Waals surface area (Å²) in [6.45, 7) is 0.903. The minimum atomic E-state index is -0.262. The van der Waals surface area contributed by atoms with Crippen molar-refractivity contribution in [3.8, 4) is 11.5 Å². The number of halogens is 2. The number of para-hydroxylation sites is 1. The lowest BCUT2D eigenvalue weighted by Crippen LogP contribution is -2.07. The lowest BCUT2D eigenvalue weighted by atomic mass is 10.3. The Balaban J connectivity index is 1.29. The van der Waals surface area contributed by atoms with Gasteiger partial charge in [0.05, 0.1) is 11.6 Å². The van der Waals surface area contributed by atoms with Gasteiger partial charge in [0, 0.05) is 11.8 Å². The average Bonchev–Trinajstić information content (AvgIpc) is 3.49. The van der Waals surface area contributed by atoms with Crippen molar-refractivity contribution >= 4 is 23.4 Å². The lowest BCUT2D eigenvalue weighted by Gasteiger charge is -2.11. The van der Waals surface area contributed by atoms with Crippen molar-refractivity contribution in [2.75, 3.05) is 12.4 Å². The first-order valence-electron chi connectivity index (χ1n) is 9.53. The number of rotatable bonds is 10. The summed E-state index contributed by atoms with van der Waals surface area (Å²) in [5.41, 5.74) is 0. The Bertz CT molecular complexity index is 947. The summed E-state index contributed by atoms with van der Waals surface area (Å²) in [7, 11) is 0. The molecule has 1 aromatic heterocycles. The standard InChI is InChI=1S/C21H21ClFN3O2S/c22-18-4-1-2-5-19(18)28-14-20-24-25-21(26(20)16-8-9-16)29-13-3-12-27-17-10-6-15(23)7-11-17/h1-2,4-7,10-11,16H,3,8-9,12-14H2. The van der Waals surface area contributed by atoms with Crippen LogP contribution in [0.15, 0.2) is 53.7 Å². The van der Waals surface area contributed by atoms with Crippen LogP contribution in [0.3, 0.4) is 0 Å². The van der Waals surface area contributed by atoms with E-state index in [0.717, 1.165) is 36.0 Å². The Hall–Kier alpha value is -2.25. The zero-order valence-electron chi connectivity index (χ0n) is 15.8. The molecule has 1 saturated carbocycles. The van der Waals surface area contributed by atoms with Gasteiger partial charge >= 0.3 is 0 Å². The van der Waals surface area contributed by atoms with Crippen LogP contribution in [0.1, 0.15) is 31.1 Å². The Morgan fingerprint density at radius 3 is 2.62 bits per heavy atom. The normalized spacial score (nSPS) is 13.4. The molecule has 29 heavy (non-hydrogen) atoms. The van der Waals surface area contributed by atoms with Crippen molar-refractivity contribution in [1.29, 1.82) is 0 Å². The van der Waals surface area contributed by atoms with Gasteiger partial charge in [0.2, 0.25) is 0 Å². The van der Waals surface area contributed by atoms with Gasteiger partial charge in [-0.1, -0.05) is 35.5 Å². The van der Waals surface area contributed by atoms with E-state index in [1.807, 2.05) is 18.2 Å². The molecule has 0 amide bonds. The van der Waals surface area contributed by atoms with Crippen LogP contribution >= 0.6 is 23.4 Å². The molecule has 0 atom stereocenters. The SMILES string of the molecule is Fc1ccc(OCCCSc2nnc(COc3ccccc3Cl)n2C2CC2)cc1. The van der Waals surface area contributed by atoms with Gasteiger partial charge in [0.25, 0.3) is 0 Å². The molecule has 1 fully saturated rings. The van der Waals surface area contributed by atoms with Crippen molar-refractivity contribution in [3.05, 3.63) is 65.2 Å². The van der Waals surface area contributed by atoms with Crippen LogP contribution in [0.2, 0.25) is 5.02 Å². The maximum absolute atomic E-state index is 12.9. The Morgan fingerprint density at radius 1 is 1.07 bits per heavy atom. The van der Waals surface area contributed by atoms with E-state index in [2.05, 4.69) is 14.8 Å². The van der Waals surface area contributed by atoms with Crippen LogP contribution in [0.4, 0.5) is 4.39 Å². The number of aromatic nitrogens is 3. The molecule has 0 aliphatic heterocycles. The number of benzene rings is 2. The van der Waals surface area contributed by atoms with Crippen molar-refractivity contribution in [3.63, 3.8) is 0 Å². The fourth-order valence-corrected chi connectivity index (χ4v) is 3.98. The third-order valence-corrected chi connectivity index (χ3v) is 5.78. The van der Waals surface area contributed by atoms with E-state index < -0.39 is 0 Å². The van der Waals surface area contributed by atoms with Crippen molar-refractivity contribution in [2.24, 2.45) is 0 Å². The van der Waals surface area contributed by atoms with E-state index in [0.29, 0.717) is 35.8 Å². The summed E-state index contributed by atoms with van der Waals surface area (Å²) >= 11 is 7.82. The quantitative estimate of drug-likeness (QED) is 0.310. The van der Waals surface area contributed by atoms with Gasteiger partial charge in [-0.3, -0.25) is 0 Å². The van der Waals surface area contributed by atoms with Crippen LogP contribution in [0, 0.1) is 5.82 Å². The third kappa shape index (κ3) is 5.42. The summed E-state index contributed by atoms with van der Waals surface area (Å²) < 4.78 is 26.6. The highest BCUT2D eigenvalue weighted by atomic mass is 35.5. The molecule has 1 heterocycles. The van der Waals surface area contributed by atoms with Crippen molar-refractivity contribution < 1.29 is 13.9 Å². The highest BCUT2D eigenvalue weighted by molar-refractivity contribution is 7.99. The second kappa shape index (κ2) is 9.50. The maximum Gasteiger partial charge on any atom is 0.191 e. The molecule has 3 aromatic rings. The van der Waals surface area contributed by atoms with Crippen LogP contribution in [0.25, 0.3) is 0 Å². The highest BCUT2D eigenvalue weighted by Gasteiger charge is 2.29. The first-order chi connectivity index (χ1) is 14.2. The van der Waals surface area contributed by atoms with Gasteiger partial charge in [-0.05, 0) is 55.7 Å². The molecule has 1 aliphatic carbocycles. The van der Waals surface area contributed by atoms with Crippen LogP contribution < -0.4 is 9.47 Å². The zero-order chi connectivity index (χ0) is 20.1. The van der Waals surface area contributed by atoms with Gasteiger partial charge < -0.3 is 14.0 Å². The topological polar surface area (TPSA) is 49.2 Å². The average molecular weight is 434 g/mol. The van der Waals surface area contributed by atoms with Crippen molar-refractivity contribution in [2.45, 2.75) is 37.1 Å². The predicted molar refractivity (Wildman–Crippen MR) is 111 cm³/mol. The number of thioether (sulfide) groups is 1. The molecule has 2 aromatic carbocycles. The molecule has 5 nitrogen and oxygen atoms in total. The molecule has 0 bridgehead atoms. The first kappa shape index (κ1) is 20.0. The number of nitrogens with zero attached hydrogens (tertiary/aromatic N) is 3. The molecule has 0 unspecified atom stereocenters. The Labute approximate surface area is 178 Å².